The number of carbonyl (C=O) groups is 1. The Morgan fingerprint density at radius 3 is 2.21 bits per heavy atom. The summed E-state index contributed by atoms with van der Waals surface area (Å²) in [6.07, 6.45) is 2.49. The lowest BCUT2D eigenvalue weighted by molar-refractivity contribution is -0.118. The van der Waals surface area contributed by atoms with Gasteiger partial charge >= 0.3 is 0 Å². The number of piperidine rings is 1. The van der Waals surface area contributed by atoms with Crippen LogP contribution >= 0.6 is 11.6 Å². The summed E-state index contributed by atoms with van der Waals surface area (Å²) in [6.45, 7) is 8.93. The predicted molar refractivity (Wildman–Crippen MR) is 191 cm³/mol. The summed E-state index contributed by atoms with van der Waals surface area (Å²) in [5.41, 5.74) is 4.90. The van der Waals surface area contributed by atoms with Crippen LogP contribution in [0.25, 0.3) is 0 Å². The van der Waals surface area contributed by atoms with E-state index >= 15 is 0 Å². The van der Waals surface area contributed by atoms with Gasteiger partial charge in [-0.05, 0) is 116 Å². The van der Waals surface area contributed by atoms with Gasteiger partial charge < -0.3 is 19.5 Å². The second-order valence-corrected chi connectivity index (χ2v) is 14.7. The fourth-order valence-corrected chi connectivity index (χ4v) is 8.82. The lowest BCUT2D eigenvalue weighted by atomic mass is 9.71. The molecule has 0 radical (unpaired) electrons. The third-order valence-electron chi connectivity index (χ3n) is 10.7. The van der Waals surface area contributed by atoms with Gasteiger partial charge in [0.15, 0.2) is 11.5 Å². The van der Waals surface area contributed by atoms with Crippen molar-refractivity contribution in [2.75, 3.05) is 25.1 Å². The quantitative estimate of drug-likeness (QED) is 0.196. The number of aliphatic hydroxyl groups is 1. The van der Waals surface area contributed by atoms with Gasteiger partial charge in [-0.1, -0.05) is 66.2 Å². The van der Waals surface area contributed by atoms with Crippen LogP contribution in [0.5, 0.6) is 11.5 Å². The van der Waals surface area contributed by atoms with E-state index < -0.39 is 11.6 Å². The van der Waals surface area contributed by atoms with E-state index in [-0.39, 0.29) is 24.3 Å². The largest absolute Gasteiger partial charge is 0.493 e. The molecule has 2 heterocycles. The van der Waals surface area contributed by atoms with Crippen molar-refractivity contribution in [3.63, 3.8) is 0 Å². The molecular formula is C41H45ClN2O4. The smallest absolute Gasteiger partial charge is 0.232 e. The standard InChI is InChI=1S/C41H45ClN2O4/c1-26(2)48-37-22-35-31(20-36(37)47-4)21-38(45)44(40(35)28-12-16-33(42)17-13-28)34-18-14-32(15-19-34)41(3,46)39-29-10-11-30(39)25-43(24-29)23-27-8-6-5-7-9-27/h5-9,12-20,22,26,29-30,39-40,46H,10-11,21,23-25H2,1-4H3/t29-,30+,39?,40-,41?/m0/s1. The molecule has 0 spiro atoms. The van der Waals surface area contributed by atoms with Crippen molar-refractivity contribution in [2.45, 2.75) is 64.3 Å². The zero-order valence-corrected chi connectivity index (χ0v) is 29.0. The van der Waals surface area contributed by atoms with E-state index in [2.05, 4.69) is 35.2 Å². The highest BCUT2D eigenvalue weighted by atomic mass is 35.5. The van der Waals surface area contributed by atoms with Crippen molar-refractivity contribution in [3.8, 4) is 11.5 Å². The molecule has 4 aromatic rings. The molecule has 2 bridgehead atoms. The summed E-state index contributed by atoms with van der Waals surface area (Å²) in [7, 11) is 1.62. The number of fused-ring (bicyclic) bond motifs is 3. The molecule has 3 aliphatic rings. The number of halogens is 1. The maximum absolute atomic E-state index is 14.0. The molecule has 2 fully saturated rings. The first-order valence-electron chi connectivity index (χ1n) is 17.2. The molecule has 1 saturated carbocycles. The van der Waals surface area contributed by atoms with Crippen LogP contribution < -0.4 is 14.4 Å². The minimum Gasteiger partial charge on any atom is -0.493 e. The number of benzene rings is 4. The molecule has 2 unspecified atom stereocenters. The normalized spacial score (nSPS) is 23.6. The molecule has 5 atom stereocenters. The third kappa shape index (κ3) is 6.22. The number of hydrogen-bond acceptors (Lipinski definition) is 5. The van der Waals surface area contributed by atoms with Gasteiger partial charge in [-0.15, -0.1) is 0 Å². The van der Waals surface area contributed by atoms with Crippen molar-refractivity contribution < 1.29 is 19.4 Å². The van der Waals surface area contributed by atoms with Crippen LogP contribution in [0, 0.1) is 17.8 Å². The molecule has 48 heavy (non-hydrogen) atoms. The number of nitrogens with zero attached hydrogens (tertiary/aromatic N) is 2. The minimum absolute atomic E-state index is 0.00891. The highest BCUT2D eigenvalue weighted by Gasteiger charge is 2.51. The van der Waals surface area contributed by atoms with Crippen molar-refractivity contribution in [1.82, 2.24) is 4.90 Å². The summed E-state index contributed by atoms with van der Waals surface area (Å²) in [5, 5.41) is 12.9. The fourth-order valence-electron chi connectivity index (χ4n) is 8.69. The number of likely N-dealkylation sites (tertiary alicyclic amines) is 1. The van der Waals surface area contributed by atoms with Crippen molar-refractivity contribution >= 4 is 23.2 Å². The molecule has 7 rings (SSSR count). The van der Waals surface area contributed by atoms with Gasteiger partial charge in [-0.3, -0.25) is 9.69 Å². The Morgan fingerprint density at radius 1 is 0.917 bits per heavy atom. The van der Waals surface area contributed by atoms with E-state index in [0.717, 1.165) is 60.4 Å². The van der Waals surface area contributed by atoms with Gasteiger partial charge in [0.2, 0.25) is 5.91 Å². The average Bonchev–Trinajstić information content (AvgIpc) is 3.36. The number of anilines is 1. The Kier molecular flexibility index (Phi) is 9.01. The van der Waals surface area contributed by atoms with Gasteiger partial charge in [0, 0.05) is 30.3 Å². The van der Waals surface area contributed by atoms with E-state index in [1.807, 2.05) is 86.3 Å². The second kappa shape index (κ2) is 13.2. The van der Waals surface area contributed by atoms with E-state index in [9.17, 15) is 9.90 Å². The minimum atomic E-state index is -0.975. The van der Waals surface area contributed by atoms with E-state index in [1.54, 1.807) is 7.11 Å². The number of amides is 1. The Morgan fingerprint density at radius 2 is 1.58 bits per heavy atom. The van der Waals surface area contributed by atoms with Gasteiger partial charge in [0.25, 0.3) is 0 Å². The SMILES string of the molecule is COc1cc2c(cc1OC(C)C)[C@H](c1ccc(Cl)cc1)N(c1ccc(C(C)(O)C3[C@@H]4CC[C@H]3CN(Cc3ccccc3)C4)cc1)C(=O)C2. The highest BCUT2D eigenvalue weighted by Crippen LogP contribution is 2.51. The first-order valence-corrected chi connectivity index (χ1v) is 17.5. The molecule has 250 valence electrons. The Balaban J connectivity index is 1.19. The van der Waals surface area contributed by atoms with Crippen LogP contribution in [-0.4, -0.2) is 42.2 Å². The van der Waals surface area contributed by atoms with Crippen LogP contribution in [0.15, 0.2) is 91.0 Å². The molecule has 1 amide bonds. The summed E-state index contributed by atoms with van der Waals surface area (Å²) < 4.78 is 11.8. The van der Waals surface area contributed by atoms with Crippen molar-refractivity contribution in [1.29, 1.82) is 0 Å². The highest BCUT2D eigenvalue weighted by molar-refractivity contribution is 6.30. The summed E-state index contributed by atoms with van der Waals surface area (Å²) in [6, 6.07) is 30.0. The topological polar surface area (TPSA) is 62.2 Å². The number of hydrogen-bond donors (Lipinski definition) is 1. The van der Waals surface area contributed by atoms with Gasteiger partial charge in [0.1, 0.15) is 0 Å². The molecule has 1 saturated heterocycles. The number of rotatable bonds is 9. The first kappa shape index (κ1) is 32.7. The lowest BCUT2D eigenvalue weighted by Crippen LogP contribution is -2.49. The maximum Gasteiger partial charge on any atom is 0.232 e. The van der Waals surface area contributed by atoms with Crippen LogP contribution in [0.4, 0.5) is 5.69 Å². The Bertz CT molecular complexity index is 1740. The molecule has 1 N–H and O–H groups in total. The molecule has 6 nitrogen and oxygen atoms in total. The molecular weight excluding hydrogens is 620 g/mol. The Labute approximate surface area is 289 Å². The van der Waals surface area contributed by atoms with Crippen LogP contribution in [0.3, 0.4) is 0 Å². The lowest BCUT2D eigenvalue weighted by Gasteiger charge is -2.45. The number of methoxy groups -OCH3 is 1. The van der Waals surface area contributed by atoms with E-state index in [4.69, 9.17) is 21.1 Å². The van der Waals surface area contributed by atoms with Gasteiger partial charge in [0.05, 0.1) is 31.3 Å². The zero-order valence-electron chi connectivity index (χ0n) is 28.2. The number of ether oxygens (including phenoxy) is 2. The Hall–Kier alpha value is -3.84. The van der Waals surface area contributed by atoms with Crippen molar-refractivity contribution in [2.24, 2.45) is 17.8 Å². The number of carbonyl (C=O) groups excluding carboxylic acids is 1. The van der Waals surface area contributed by atoms with Crippen LogP contribution in [-0.2, 0) is 23.4 Å². The monoisotopic (exact) mass is 664 g/mol. The maximum atomic E-state index is 14.0. The molecule has 0 aromatic heterocycles. The van der Waals surface area contributed by atoms with Gasteiger partial charge in [-0.2, -0.15) is 0 Å². The predicted octanol–water partition coefficient (Wildman–Crippen LogP) is 8.18. The van der Waals surface area contributed by atoms with Crippen LogP contribution in [0.2, 0.25) is 5.02 Å². The first-order chi connectivity index (χ1) is 23.1. The fraction of sp³-hybridized carbons (Fsp3) is 0.390. The van der Waals surface area contributed by atoms with Crippen LogP contribution in [0.1, 0.15) is 67.5 Å². The van der Waals surface area contributed by atoms with E-state index in [1.165, 1.54) is 5.56 Å². The van der Waals surface area contributed by atoms with E-state index in [0.29, 0.717) is 28.4 Å². The van der Waals surface area contributed by atoms with Crippen molar-refractivity contribution in [3.05, 3.63) is 124 Å². The summed E-state index contributed by atoms with van der Waals surface area (Å²) in [5.74, 6) is 2.33. The molecule has 1 aliphatic carbocycles. The van der Waals surface area contributed by atoms with Gasteiger partial charge in [-0.25, -0.2) is 0 Å². The second-order valence-electron chi connectivity index (χ2n) is 14.3. The summed E-state index contributed by atoms with van der Waals surface area (Å²) >= 11 is 6.30. The molecule has 7 heteroatoms. The average molecular weight is 665 g/mol. The molecule has 4 aromatic carbocycles. The molecule has 2 aliphatic heterocycles. The summed E-state index contributed by atoms with van der Waals surface area (Å²) in [4.78, 5) is 18.5. The zero-order chi connectivity index (χ0) is 33.6. The third-order valence-corrected chi connectivity index (χ3v) is 10.9.